The third kappa shape index (κ3) is 3.90. The van der Waals surface area contributed by atoms with Crippen LogP contribution in [0.15, 0.2) is 52.2 Å². The quantitative estimate of drug-likeness (QED) is 0.435. The number of aryl methyl sites for hydroxylation is 1. The maximum absolute atomic E-state index is 13.3. The zero-order valence-corrected chi connectivity index (χ0v) is 19.7. The highest BCUT2D eigenvalue weighted by Gasteiger charge is 2.48. The Morgan fingerprint density at radius 3 is 2.81 bits per heavy atom. The number of halogens is 2. The second kappa shape index (κ2) is 8.21. The molecule has 11 heteroatoms. The zero-order chi connectivity index (χ0) is 25.0. The van der Waals surface area contributed by atoms with Crippen molar-refractivity contribution >= 4 is 29.3 Å². The van der Waals surface area contributed by atoms with Crippen LogP contribution in [0.3, 0.4) is 0 Å². The number of nitrogens with one attached hydrogen (secondary N) is 1. The van der Waals surface area contributed by atoms with Gasteiger partial charge < -0.3 is 14.7 Å². The molecule has 0 saturated heterocycles. The van der Waals surface area contributed by atoms with Crippen molar-refractivity contribution in [3.05, 3.63) is 59.9 Å². The van der Waals surface area contributed by atoms with Crippen LogP contribution in [-0.2, 0) is 0 Å². The van der Waals surface area contributed by atoms with Crippen molar-refractivity contribution in [3.63, 3.8) is 0 Å². The SMILES string of the molecule is Cc1ccc(-c2noc(C3CC(F)(F)C3)n2)cc1NC(=O)c1cnc2ccc(N3C=NCC3C)cn12. The number of anilines is 2. The molecule has 1 saturated carbocycles. The number of amides is 1. The highest BCUT2D eigenvalue weighted by atomic mass is 19.3. The molecule has 0 bridgehead atoms. The molecule has 1 amide bonds. The molecular formula is C25H23F2N7O2. The van der Waals surface area contributed by atoms with E-state index in [4.69, 9.17) is 4.52 Å². The summed E-state index contributed by atoms with van der Waals surface area (Å²) in [6.07, 6.45) is 4.65. The van der Waals surface area contributed by atoms with Crippen molar-refractivity contribution in [2.45, 2.75) is 44.6 Å². The standard InChI is InChI=1S/C25H23F2N7O2/c1-14-3-4-16(22-31-24(36-32-22)17-8-25(26,27)9-17)7-19(14)30-23(35)20-11-29-21-6-5-18(12-33(20)21)34-13-28-10-15(34)2/h3-7,11-13,15,17H,8-10H2,1-2H3,(H,30,35). The van der Waals surface area contributed by atoms with E-state index in [0.717, 1.165) is 17.8 Å². The van der Waals surface area contributed by atoms with Crippen LogP contribution in [0.4, 0.5) is 20.2 Å². The predicted octanol–water partition coefficient (Wildman–Crippen LogP) is 4.69. The maximum Gasteiger partial charge on any atom is 0.274 e. The van der Waals surface area contributed by atoms with Gasteiger partial charge in [0.2, 0.25) is 17.6 Å². The van der Waals surface area contributed by atoms with E-state index in [1.807, 2.05) is 31.3 Å². The number of alkyl halides is 2. The number of imidazole rings is 1. The number of carbonyl (C=O) groups excluding carboxylic acids is 1. The predicted molar refractivity (Wildman–Crippen MR) is 130 cm³/mol. The molecule has 1 aliphatic carbocycles. The number of carbonyl (C=O) groups is 1. The fourth-order valence-corrected chi connectivity index (χ4v) is 4.54. The highest BCUT2D eigenvalue weighted by Crippen LogP contribution is 2.48. The lowest BCUT2D eigenvalue weighted by Gasteiger charge is -2.31. The van der Waals surface area contributed by atoms with Gasteiger partial charge in [0, 0.05) is 36.2 Å². The van der Waals surface area contributed by atoms with Crippen LogP contribution < -0.4 is 10.2 Å². The van der Waals surface area contributed by atoms with Crippen molar-refractivity contribution in [1.82, 2.24) is 19.5 Å². The fourth-order valence-electron chi connectivity index (χ4n) is 4.54. The minimum atomic E-state index is -2.67. The molecule has 1 N–H and O–H groups in total. The van der Waals surface area contributed by atoms with E-state index in [1.54, 1.807) is 22.9 Å². The second-order valence-corrected chi connectivity index (χ2v) is 9.40. The van der Waals surface area contributed by atoms with E-state index >= 15 is 0 Å². The lowest BCUT2D eigenvalue weighted by molar-refractivity contribution is -0.0925. The monoisotopic (exact) mass is 491 g/mol. The molecule has 4 heterocycles. The number of benzene rings is 1. The van der Waals surface area contributed by atoms with Crippen molar-refractivity contribution in [2.75, 3.05) is 16.8 Å². The summed E-state index contributed by atoms with van der Waals surface area (Å²) in [4.78, 5) is 28.3. The van der Waals surface area contributed by atoms with Crippen LogP contribution in [0.25, 0.3) is 17.0 Å². The van der Waals surface area contributed by atoms with Crippen molar-refractivity contribution < 1.29 is 18.1 Å². The Kier molecular flexibility index (Phi) is 5.09. The van der Waals surface area contributed by atoms with Crippen molar-refractivity contribution in [1.29, 1.82) is 0 Å². The number of hydrogen-bond acceptors (Lipinski definition) is 7. The molecule has 1 unspecified atom stereocenters. The van der Waals surface area contributed by atoms with Crippen LogP contribution in [0.1, 0.15) is 47.6 Å². The average Bonchev–Trinajstić information content (AvgIpc) is 3.57. The maximum atomic E-state index is 13.3. The lowest BCUT2D eigenvalue weighted by atomic mass is 9.81. The van der Waals surface area contributed by atoms with Crippen molar-refractivity contribution in [3.8, 4) is 11.4 Å². The first kappa shape index (κ1) is 22.3. The number of rotatable bonds is 5. The normalized spacial score (nSPS) is 19.1. The summed E-state index contributed by atoms with van der Waals surface area (Å²) in [5, 5.41) is 6.91. The Balaban J connectivity index is 1.25. The minimum absolute atomic E-state index is 0.209. The van der Waals surface area contributed by atoms with Crippen LogP contribution in [0.5, 0.6) is 0 Å². The topological polar surface area (TPSA) is 101 Å². The molecule has 1 atom stereocenters. The lowest BCUT2D eigenvalue weighted by Crippen LogP contribution is -2.33. The molecule has 3 aromatic heterocycles. The Morgan fingerprint density at radius 1 is 1.22 bits per heavy atom. The molecule has 36 heavy (non-hydrogen) atoms. The van der Waals surface area contributed by atoms with Gasteiger partial charge >= 0.3 is 0 Å². The average molecular weight is 492 g/mol. The number of pyridine rings is 1. The van der Waals surface area contributed by atoms with Crippen molar-refractivity contribution in [2.24, 2.45) is 4.99 Å². The Hall–Kier alpha value is -4.15. The zero-order valence-electron chi connectivity index (χ0n) is 19.7. The van der Waals surface area contributed by atoms with Gasteiger partial charge in [0.25, 0.3) is 5.91 Å². The van der Waals surface area contributed by atoms with E-state index in [2.05, 4.69) is 37.3 Å². The molecular weight excluding hydrogens is 468 g/mol. The summed E-state index contributed by atoms with van der Waals surface area (Å²) >= 11 is 0. The number of fused-ring (bicyclic) bond motifs is 1. The molecule has 184 valence electrons. The third-order valence-electron chi connectivity index (χ3n) is 6.70. The Bertz CT molecular complexity index is 1500. The van der Waals surface area contributed by atoms with Gasteiger partial charge in [0.15, 0.2) is 0 Å². The van der Waals surface area contributed by atoms with E-state index in [1.165, 1.54) is 6.20 Å². The molecule has 9 nitrogen and oxygen atoms in total. The molecule has 4 aromatic rings. The fraction of sp³-hybridized carbons (Fsp3) is 0.320. The first-order valence-corrected chi connectivity index (χ1v) is 11.7. The summed E-state index contributed by atoms with van der Waals surface area (Å²) in [5.74, 6) is -2.92. The molecule has 0 spiro atoms. The van der Waals surface area contributed by atoms with Gasteiger partial charge in [0.1, 0.15) is 11.3 Å². The summed E-state index contributed by atoms with van der Waals surface area (Å²) in [5.41, 5.74) is 3.97. The van der Waals surface area contributed by atoms with Gasteiger partial charge in [-0.1, -0.05) is 17.3 Å². The van der Waals surface area contributed by atoms with E-state index in [-0.39, 0.29) is 36.5 Å². The molecule has 1 aliphatic heterocycles. The summed E-state index contributed by atoms with van der Waals surface area (Å²) in [7, 11) is 0. The number of hydrogen-bond donors (Lipinski definition) is 1. The smallest absolute Gasteiger partial charge is 0.274 e. The molecule has 1 aromatic carbocycles. The largest absolute Gasteiger partial charge is 0.339 e. The van der Waals surface area contributed by atoms with Gasteiger partial charge in [-0.3, -0.25) is 14.2 Å². The third-order valence-corrected chi connectivity index (χ3v) is 6.70. The Labute approximate surface area is 204 Å². The molecule has 6 rings (SSSR count). The van der Waals surface area contributed by atoms with E-state index in [9.17, 15) is 13.6 Å². The van der Waals surface area contributed by atoms with E-state index < -0.39 is 11.8 Å². The number of aliphatic imine (C=N–C) groups is 1. The van der Waals surface area contributed by atoms with E-state index in [0.29, 0.717) is 22.6 Å². The van der Waals surface area contributed by atoms with Crippen LogP contribution in [0.2, 0.25) is 0 Å². The van der Waals surface area contributed by atoms with Gasteiger partial charge in [-0.25, -0.2) is 13.8 Å². The summed E-state index contributed by atoms with van der Waals surface area (Å²) in [6.45, 7) is 4.68. The van der Waals surface area contributed by atoms with Gasteiger partial charge in [-0.2, -0.15) is 4.98 Å². The summed E-state index contributed by atoms with van der Waals surface area (Å²) < 4.78 is 33.4. The molecule has 0 radical (unpaired) electrons. The second-order valence-electron chi connectivity index (χ2n) is 9.40. The number of nitrogens with zero attached hydrogens (tertiary/aromatic N) is 6. The van der Waals surface area contributed by atoms with Crippen LogP contribution in [-0.4, -0.2) is 50.3 Å². The van der Waals surface area contributed by atoms with Crippen LogP contribution >= 0.6 is 0 Å². The first-order valence-electron chi connectivity index (χ1n) is 11.7. The van der Waals surface area contributed by atoms with Gasteiger partial charge in [-0.05, 0) is 37.6 Å². The molecule has 2 aliphatic rings. The van der Waals surface area contributed by atoms with Gasteiger partial charge in [0.05, 0.1) is 30.8 Å². The van der Waals surface area contributed by atoms with Crippen LogP contribution in [0, 0.1) is 6.92 Å². The Morgan fingerprint density at radius 2 is 2.06 bits per heavy atom. The highest BCUT2D eigenvalue weighted by molar-refractivity contribution is 6.04. The summed E-state index contributed by atoms with van der Waals surface area (Å²) in [6, 6.07) is 9.43. The number of aromatic nitrogens is 4. The first-order chi connectivity index (χ1) is 17.3. The molecule has 1 fully saturated rings. The minimum Gasteiger partial charge on any atom is -0.339 e. The van der Waals surface area contributed by atoms with Gasteiger partial charge in [-0.15, -0.1) is 0 Å².